The lowest BCUT2D eigenvalue weighted by Gasteiger charge is -2.18. The summed E-state index contributed by atoms with van der Waals surface area (Å²) in [6.07, 6.45) is 23.1. The van der Waals surface area contributed by atoms with Gasteiger partial charge in [0.05, 0.1) is 6.61 Å². The lowest BCUT2D eigenvalue weighted by molar-refractivity contribution is -0.150. The van der Waals surface area contributed by atoms with E-state index in [2.05, 4.69) is 13.8 Å². The molecule has 0 aliphatic rings. The second-order valence-electron chi connectivity index (χ2n) is 9.08. The van der Waals surface area contributed by atoms with Gasteiger partial charge < -0.3 is 9.47 Å². The molecule has 0 N–H and O–H groups in total. The van der Waals surface area contributed by atoms with Crippen molar-refractivity contribution >= 4 is 11.9 Å². The largest absolute Gasteiger partial charge is 0.466 e. The van der Waals surface area contributed by atoms with Gasteiger partial charge in [0.1, 0.15) is 6.10 Å². The first-order valence-electron chi connectivity index (χ1n) is 13.4. The summed E-state index contributed by atoms with van der Waals surface area (Å²) in [4.78, 5) is 23.0. The van der Waals surface area contributed by atoms with Crippen LogP contribution < -0.4 is 0 Å². The minimum atomic E-state index is -0.209. The van der Waals surface area contributed by atoms with Crippen molar-refractivity contribution < 1.29 is 19.1 Å². The fraction of sp³-hybridized carbons (Fsp3) is 0.926. The van der Waals surface area contributed by atoms with Gasteiger partial charge in [-0.25, -0.2) is 0 Å². The van der Waals surface area contributed by atoms with Crippen LogP contribution >= 0.6 is 0 Å². The molecule has 0 unspecified atom stereocenters. The molecule has 0 aromatic carbocycles. The van der Waals surface area contributed by atoms with E-state index in [0.717, 1.165) is 44.9 Å². The number of carbonyl (C=O) groups excluding carboxylic acids is 2. The highest BCUT2D eigenvalue weighted by Gasteiger charge is 2.14. The van der Waals surface area contributed by atoms with Gasteiger partial charge in [0.25, 0.3) is 0 Å². The highest BCUT2D eigenvalue weighted by molar-refractivity contribution is 5.69. The van der Waals surface area contributed by atoms with Crippen LogP contribution in [0.25, 0.3) is 0 Å². The molecule has 184 valence electrons. The van der Waals surface area contributed by atoms with Gasteiger partial charge in [-0.05, 0) is 38.5 Å². The molecule has 0 aliphatic carbocycles. The van der Waals surface area contributed by atoms with Crippen LogP contribution in [0.4, 0.5) is 0 Å². The Morgan fingerprint density at radius 3 is 1.58 bits per heavy atom. The van der Waals surface area contributed by atoms with Gasteiger partial charge in [0.15, 0.2) is 0 Å². The summed E-state index contributed by atoms with van der Waals surface area (Å²) in [6, 6.07) is 0. The average molecular weight is 441 g/mol. The summed E-state index contributed by atoms with van der Waals surface area (Å²) in [5.74, 6) is -0.221. The van der Waals surface area contributed by atoms with Crippen LogP contribution in [0.5, 0.6) is 0 Å². The van der Waals surface area contributed by atoms with Crippen molar-refractivity contribution in [3.8, 4) is 0 Å². The normalized spacial score (nSPS) is 11.1. The topological polar surface area (TPSA) is 52.6 Å². The molecule has 0 aromatic rings. The Labute approximate surface area is 193 Å². The molecule has 4 nitrogen and oxygen atoms in total. The van der Waals surface area contributed by atoms with E-state index < -0.39 is 0 Å². The quantitative estimate of drug-likeness (QED) is 0.118. The summed E-state index contributed by atoms with van der Waals surface area (Å²) in [5, 5.41) is 0. The Hall–Kier alpha value is -1.06. The van der Waals surface area contributed by atoms with E-state index in [1.54, 1.807) is 0 Å². The molecule has 0 saturated heterocycles. The minimum Gasteiger partial charge on any atom is -0.466 e. The number of esters is 2. The van der Waals surface area contributed by atoms with Crippen LogP contribution in [-0.4, -0.2) is 24.6 Å². The van der Waals surface area contributed by atoms with E-state index in [9.17, 15) is 9.59 Å². The predicted molar refractivity (Wildman–Crippen MR) is 130 cm³/mol. The van der Waals surface area contributed by atoms with Crippen LogP contribution in [0.3, 0.4) is 0 Å². The molecule has 4 heteroatoms. The van der Waals surface area contributed by atoms with Gasteiger partial charge >= 0.3 is 11.9 Å². The van der Waals surface area contributed by atoms with E-state index >= 15 is 0 Å². The maximum atomic E-state index is 12.3. The number of ether oxygens (including phenoxy) is 2. The van der Waals surface area contributed by atoms with Crippen LogP contribution in [0.2, 0.25) is 0 Å². The smallest absolute Gasteiger partial charge is 0.306 e. The van der Waals surface area contributed by atoms with Gasteiger partial charge in [0.2, 0.25) is 0 Å². The molecule has 0 atom stereocenters. The van der Waals surface area contributed by atoms with E-state index in [1.807, 2.05) is 0 Å². The number of hydrogen-bond donors (Lipinski definition) is 0. The monoisotopic (exact) mass is 440 g/mol. The Morgan fingerprint density at radius 1 is 0.613 bits per heavy atom. The first kappa shape index (κ1) is 29.9. The third-order valence-electron chi connectivity index (χ3n) is 5.89. The van der Waals surface area contributed by atoms with Crippen molar-refractivity contribution in [1.29, 1.82) is 0 Å². The maximum absolute atomic E-state index is 12.3. The highest BCUT2D eigenvalue weighted by atomic mass is 16.5. The maximum Gasteiger partial charge on any atom is 0.306 e. The predicted octanol–water partition coefficient (Wildman–Crippen LogP) is 8.30. The molecule has 0 amide bonds. The van der Waals surface area contributed by atoms with Crippen molar-refractivity contribution in [3.63, 3.8) is 0 Å². The van der Waals surface area contributed by atoms with Gasteiger partial charge in [-0.1, -0.05) is 97.3 Å². The summed E-state index contributed by atoms with van der Waals surface area (Å²) in [5.41, 5.74) is 0. The molecule has 31 heavy (non-hydrogen) atoms. The summed E-state index contributed by atoms with van der Waals surface area (Å²) in [7, 11) is 0. The van der Waals surface area contributed by atoms with Crippen LogP contribution in [0, 0.1) is 0 Å². The van der Waals surface area contributed by atoms with E-state index in [-0.39, 0.29) is 18.0 Å². The lowest BCUT2D eigenvalue weighted by Crippen LogP contribution is -2.18. The fourth-order valence-corrected chi connectivity index (χ4v) is 3.93. The summed E-state index contributed by atoms with van der Waals surface area (Å²) in [6.45, 7) is 6.45. The lowest BCUT2D eigenvalue weighted by atomic mass is 10.0. The molecule has 0 heterocycles. The molecule has 0 aromatic heterocycles. The molecule has 0 rings (SSSR count). The Bertz CT molecular complexity index is 392. The number of hydrogen-bond acceptors (Lipinski definition) is 4. The number of unbranched alkanes of at least 4 members (excludes halogenated alkanes) is 14. The second kappa shape index (κ2) is 23.6. The van der Waals surface area contributed by atoms with Crippen LogP contribution in [0.1, 0.15) is 149 Å². The zero-order chi connectivity index (χ0) is 23.0. The molecular formula is C27H52O4. The first-order chi connectivity index (χ1) is 15.1. The van der Waals surface area contributed by atoms with Crippen molar-refractivity contribution in [2.45, 2.75) is 155 Å². The molecule has 0 bridgehead atoms. The number of rotatable bonds is 23. The molecule has 0 saturated carbocycles. The molecule has 0 aliphatic heterocycles. The SMILES string of the molecule is CCCCCCCCC(CCCCCCCC)OC(=O)CCCCCCCOC(C)=O. The van der Waals surface area contributed by atoms with Crippen LogP contribution in [0.15, 0.2) is 0 Å². The van der Waals surface area contributed by atoms with Gasteiger partial charge in [-0.15, -0.1) is 0 Å². The average Bonchev–Trinajstić information content (AvgIpc) is 2.74. The first-order valence-corrected chi connectivity index (χ1v) is 13.4. The molecule has 0 fully saturated rings. The van der Waals surface area contributed by atoms with Crippen molar-refractivity contribution in [3.05, 3.63) is 0 Å². The van der Waals surface area contributed by atoms with Crippen molar-refractivity contribution in [2.24, 2.45) is 0 Å². The Balaban J connectivity index is 3.97. The molecule has 0 radical (unpaired) electrons. The van der Waals surface area contributed by atoms with Crippen molar-refractivity contribution in [1.82, 2.24) is 0 Å². The van der Waals surface area contributed by atoms with E-state index in [0.29, 0.717) is 13.0 Å². The fourth-order valence-electron chi connectivity index (χ4n) is 3.93. The zero-order valence-corrected chi connectivity index (χ0v) is 21.1. The van der Waals surface area contributed by atoms with Gasteiger partial charge in [0, 0.05) is 13.3 Å². The molecule has 0 spiro atoms. The Kier molecular flexibility index (Phi) is 22.8. The Morgan fingerprint density at radius 2 is 1.06 bits per heavy atom. The molecular weight excluding hydrogens is 388 g/mol. The van der Waals surface area contributed by atoms with Gasteiger partial charge in [-0.3, -0.25) is 9.59 Å². The van der Waals surface area contributed by atoms with E-state index in [1.165, 1.54) is 84.0 Å². The third kappa shape index (κ3) is 23.4. The standard InChI is InChI=1S/C27H52O4/c1-4-6-8-10-13-17-21-26(22-18-14-11-9-7-5-2)31-27(29)23-19-15-12-16-20-24-30-25(3)28/h26H,4-24H2,1-3H3. The zero-order valence-electron chi connectivity index (χ0n) is 21.1. The van der Waals surface area contributed by atoms with Crippen LogP contribution in [-0.2, 0) is 19.1 Å². The van der Waals surface area contributed by atoms with Crippen molar-refractivity contribution in [2.75, 3.05) is 6.61 Å². The minimum absolute atomic E-state index is 0.0121. The summed E-state index contributed by atoms with van der Waals surface area (Å²) >= 11 is 0. The third-order valence-corrected chi connectivity index (χ3v) is 5.89. The number of carbonyl (C=O) groups is 2. The van der Waals surface area contributed by atoms with E-state index in [4.69, 9.17) is 9.47 Å². The van der Waals surface area contributed by atoms with Gasteiger partial charge in [-0.2, -0.15) is 0 Å². The summed E-state index contributed by atoms with van der Waals surface area (Å²) < 4.78 is 10.8. The second-order valence-corrected chi connectivity index (χ2v) is 9.08. The highest BCUT2D eigenvalue weighted by Crippen LogP contribution is 2.18.